The molecule has 0 aliphatic rings. The third-order valence-corrected chi connectivity index (χ3v) is 12.1. The molecule has 11 heavy (non-hydrogen) atoms. The quantitative estimate of drug-likeness (QED) is 0.596. The molecule has 0 unspecified atom stereocenters. The van der Waals surface area contributed by atoms with Crippen molar-refractivity contribution >= 4 is 38.9 Å². The van der Waals surface area contributed by atoms with Crippen LogP contribution >= 0.6 is 11.3 Å². The fourth-order valence-corrected chi connectivity index (χ4v) is 8.47. The molecule has 1 nitrogen and oxygen atoms in total. The number of hydrogen-bond donors (Lipinski definition) is 0. The molecule has 1 aromatic heterocycles. The van der Waals surface area contributed by atoms with Crippen LogP contribution in [-0.2, 0) is 0 Å². The van der Waals surface area contributed by atoms with E-state index in [0.29, 0.717) is 0 Å². The van der Waals surface area contributed by atoms with Crippen molar-refractivity contribution in [3.05, 3.63) is 17.0 Å². The van der Waals surface area contributed by atoms with Gasteiger partial charge in [0.25, 0.3) is 0 Å². The number of thiophene rings is 1. The average Bonchev–Trinajstić information content (AvgIpc) is 2.31. The summed E-state index contributed by atoms with van der Waals surface area (Å²) >= 11 is -0.213. The Morgan fingerprint density at radius 2 is 2.09 bits per heavy atom. The van der Waals surface area contributed by atoms with Gasteiger partial charge < -0.3 is 0 Å². The second-order valence-corrected chi connectivity index (χ2v) is 19.8. The SMILES string of the molecule is [CH3][Sn]([CH3])([CH3])[c]1sccc1C=O. The predicted molar refractivity (Wildman–Crippen MR) is 52.7 cm³/mol. The topological polar surface area (TPSA) is 17.1 Å². The van der Waals surface area contributed by atoms with Crippen LogP contribution in [0.3, 0.4) is 0 Å². The third kappa shape index (κ3) is 2.06. The molecule has 0 spiro atoms. The summed E-state index contributed by atoms with van der Waals surface area (Å²) in [5, 5.41) is 2.02. The van der Waals surface area contributed by atoms with Gasteiger partial charge in [0.05, 0.1) is 0 Å². The molecule has 0 atom stereocenters. The van der Waals surface area contributed by atoms with Crippen LogP contribution < -0.4 is 2.89 Å². The summed E-state index contributed by atoms with van der Waals surface area (Å²) in [5.41, 5.74) is 0.929. The van der Waals surface area contributed by atoms with Crippen LogP contribution in [-0.4, -0.2) is 24.7 Å². The fourth-order valence-electron chi connectivity index (χ4n) is 1.02. The van der Waals surface area contributed by atoms with Gasteiger partial charge in [0.15, 0.2) is 0 Å². The predicted octanol–water partition coefficient (Wildman–Crippen LogP) is 2.11. The molecule has 0 radical (unpaired) electrons. The first kappa shape index (κ1) is 9.26. The van der Waals surface area contributed by atoms with E-state index >= 15 is 0 Å². The zero-order valence-electron chi connectivity index (χ0n) is 7.05. The number of carbonyl (C=O) groups is 1. The zero-order chi connectivity index (χ0) is 8.48. The summed E-state index contributed by atoms with van der Waals surface area (Å²) in [6.07, 6.45) is 0.980. The maximum atomic E-state index is 10.6. The van der Waals surface area contributed by atoms with E-state index in [0.717, 1.165) is 11.8 Å². The Hall–Kier alpha value is 0.169. The summed E-state index contributed by atoms with van der Waals surface area (Å²) < 4.78 is 1.38. The zero-order valence-corrected chi connectivity index (χ0v) is 10.7. The second kappa shape index (κ2) is 3.27. The van der Waals surface area contributed by atoms with Crippen molar-refractivity contribution in [2.24, 2.45) is 0 Å². The number of aldehydes is 1. The van der Waals surface area contributed by atoms with Crippen molar-refractivity contribution in [1.82, 2.24) is 0 Å². The number of rotatable bonds is 2. The van der Waals surface area contributed by atoms with E-state index in [1.54, 1.807) is 11.3 Å². The standard InChI is InChI=1S/C5H3OS.3CH3.Sn/c6-3-5-1-2-7-4-5;;;;/h1-3H;3*1H3;. The average molecular weight is 275 g/mol. The van der Waals surface area contributed by atoms with Crippen molar-refractivity contribution < 1.29 is 4.79 Å². The van der Waals surface area contributed by atoms with Gasteiger partial charge in [-0.3, -0.25) is 0 Å². The van der Waals surface area contributed by atoms with Gasteiger partial charge in [-0.15, -0.1) is 0 Å². The van der Waals surface area contributed by atoms with Gasteiger partial charge in [-0.2, -0.15) is 0 Å². The molecule has 3 heteroatoms. The molecule has 1 rings (SSSR count). The van der Waals surface area contributed by atoms with Crippen LogP contribution in [0, 0.1) is 0 Å². The van der Waals surface area contributed by atoms with E-state index in [9.17, 15) is 4.79 Å². The minimum atomic E-state index is -1.96. The third-order valence-electron chi connectivity index (χ3n) is 1.50. The maximum absolute atomic E-state index is 10.6. The molecule has 0 aliphatic carbocycles. The molecule has 0 aliphatic heterocycles. The molecule has 0 bridgehead atoms. The summed E-state index contributed by atoms with van der Waals surface area (Å²) in [6, 6.07) is 1.93. The molecule has 0 saturated heterocycles. The van der Waals surface area contributed by atoms with Crippen LogP contribution in [0.5, 0.6) is 0 Å². The van der Waals surface area contributed by atoms with Gasteiger partial charge in [-0.25, -0.2) is 0 Å². The van der Waals surface area contributed by atoms with Gasteiger partial charge in [-0.1, -0.05) is 0 Å². The van der Waals surface area contributed by atoms with Crippen molar-refractivity contribution in [1.29, 1.82) is 0 Å². The minimum absolute atomic E-state index is 0.929. The van der Waals surface area contributed by atoms with Crippen LogP contribution in [0.25, 0.3) is 0 Å². The molecular formula is C8H12OSSn. The summed E-state index contributed by atoms with van der Waals surface area (Å²) in [6.45, 7) is 0. The van der Waals surface area contributed by atoms with E-state index in [4.69, 9.17) is 0 Å². The first-order valence-corrected chi connectivity index (χ1v) is 14.5. The van der Waals surface area contributed by atoms with E-state index in [2.05, 4.69) is 14.8 Å². The Bertz CT molecular complexity index is 259. The van der Waals surface area contributed by atoms with Crippen LogP contribution in [0.1, 0.15) is 10.4 Å². The molecule has 0 fully saturated rings. The van der Waals surface area contributed by atoms with Crippen molar-refractivity contribution in [2.75, 3.05) is 0 Å². The fraction of sp³-hybridized carbons (Fsp3) is 0.375. The Kier molecular flexibility index (Phi) is 2.75. The molecule has 60 valence electrons. The van der Waals surface area contributed by atoms with E-state index in [1.807, 2.05) is 11.4 Å². The molecule has 0 saturated carbocycles. The number of carbonyl (C=O) groups excluding carboxylic acids is 1. The van der Waals surface area contributed by atoms with E-state index in [1.165, 1.54) is 2.89 Å². The van der Waals surface area contributed by atoms with Gasteiger partial charge in [0.2, 0.25) is 0 Å². The second-order valence-electron chi connectivity index (χ2n) is 3.57. The normalized spacial score (nSPS) is 11.5. The van der Waals surface area contributed by atoms with Crippen molar-refractivity contribution in [3.8, 4) is 0 Å². The summed E-state index contributed by atoms with van der Waals surface area (Å²) in [4.78, 5) is 17.6. The first-order valence-electron chi connectivity index (χ1n) is 3.59. The molecule has 1 aromatic rings. The van der Waals surface area contributed by atoms with Gasteiger partial charge in [0, 0.05) is 0 Å². The Balaban J connectivity index is 3.12. The molecule has 0 amide bonds. The van der Waals surface area contributed by atoms with Gasteiger partial charge in [-0.05, 0) is 0 Å². The summed E-state index contributed by atoms with van der Waals surface area (Å²) in [7, 11) is 0. The molecular weight excluding hydrogens is 263 g/mol. The van der Waals surface area contributed by atoms with Gasteiger partial charge in [0.1, 0.15) is 0 Å². The van der Waals surface area contributed by atoms with Crippen molar-refractivity contribution in [2.45, 2.75) is 14.8 Å². The van der Waals surface area contributed by atoms with E-state index in [-0.39, 0.29) is 0 Å². The summed E-state index contributed by atoms with van der Waals surface area (Å²) in [5.74, 6) is 0. The Labute approximate surface area is 75.3 Å². The Morgan fingerprint density at radius 1 is 1.45 bits per heavy atom. The van der Waals surface area contributed by atoms with Gasteiger partial charge >= 0.3 is 75.5 Å². The molecule has 1 heterocycles. The molecule has 0 N–H and O–H groups in total. The van der Waals surface area contributed by atoms with E-state index < -0.39 is 18.4 Å². The van der Waals surface area contributed by atoms with Crippen LogP contribution in [0.4, 0.5) is 0 Å². The van der Waals surface area contributed by atoms with Crippen LogP contribution in [0.15, 0.2) is 11.4 Å². The van der Waals surface area contributed by atoms with Crippen molar-refractivity contribution in [3.63, 3.8) is 0 Å². The van der Waals surface area contributed by atoms with Crippen LogP contribution in [0.2, 0.25) is 14.8 Å². The monoisotopic (exact) mass is 276 g/mol. The Morgan fingerprint density at radius 3 is 2.45 bits per heavy atom. The first-order chi connectivity index (χ1) is 5.05. The number of hydrogen-bond acceptors (Lipinski definition) is 2. The molecule has 0 aromatic carbocycles.